The van der Waals surface area contributed by atoms with Crippen LogP contribution in [0.2, 0.25) is 0 Å². The van der Waals surface area contributed by atoms with Gasteiger partial charge in [0.05, 0.1) is 11.5 Å². The van der Waals surface area contributed by atoms with Gasteiger partial charge in [-0.1, -0.05) is 36.7 Å². The number of benzene rings is 1. The van der Waals surface area contributed by atoms with Gasteiger partial charge in [-0.15, -0.1) is 0 Å². The standard InChI is InChI=1S/C17H25BrN2O5S/c1-16(2,3)14-10-17(11-21,25-15(19)22)8-9-20(14)26(23,24)13-6-4-12(18)5-7-13/h4-7,14,21H,8-11H2,1-3H3,(H2,19,22). The van der Waals surface area contributed by atoms with Gasteiger partial charge in [0.15, 0.2) is 0 Å². The highest BCUT2D eigenvalue weighted by Crippen LogP contribution is 2.41. The highest BCUT2D eigenvalue weighted by molar-refractivity contribution is 9.10. The van der Waals surface area contributed by atoms with Crippen molar-refractivity contribution in [3.8, 4) is 0 Å². The maximum absolute atomic E-state index is 13.2. The smallest absolute Gasteiger partial charge is 0.405 e. The number of hydrogen-bond donors (Lipinski definition) is 2. The molecule has 1 aliphatic rings. The molecule has 1 fully saturated rings. The lowest BCUT2D eigenvalue weighted by molar-refractivity contribution is -0.0833. The number of nitrogens with zero attached hydrogens (tertiary/aromatic N) is 1. The number of primary amides is 1. The number of carbonyl (C=O) groups excluding carboxylic acids is 1. The van der Waals surface area contributed by atoms with Crippen LogP contribution in [0, 0.1) is 5.41 Å². The Labute approximate surface area is 162 Å². The number of sulfonamides is 1. The molecule has 1 aromatic rings. The lowest BCUT2D eigenvalue weighted by Gasteiger charge is -2.48. The molecule has 1 saturated heterocycles. The van der Waals surface area contributed by atoms with E-state index in [1.54, 1.807) is 24.3 Å². The van der Waals surface area contributed by atoms with Crippen molar-refractivity contribution in [2.24, 2.45) is 11.1 Å². The van der Waals surface area contributed by atoms with E-state index in [-0.39, 0.29) is 24.3 Å². The SMILES string of the molecule is CC(C)(C)C1CC(CO)(OC(N)=O)CCN1S(=O)(=O)c1ccc(Br)cc1. The van der Waals surface area contributed by atoms with Crippen LogP contribution in [0.1, 0.15) is 33.6 Å². The van der Waals surface area contributed by atoms with Crippen LogP contribution in [0.15, 0.2) is 33.6 Å². The molecule has 2 rings (SSSR count). The third kappa shape index (κ3) is 4.39. The van der Waals surface area contributed by atoms with E-state index in [9.17, 15) is 18.3 Å². The van der Waals surface area contributed by atoms with Crippen molar-refractivity contribution in [1.82, 2.24) is 4.31 Å². The molecule has 1 aromatic carbocycles. The van der Waals surface area contributed by atoms with Crippen molar-refractivity contribution < 1.29 is 23.1 Å². The van der Waals surface area contributed by atoms with Crippen LogP contribution in [0.4, 0.5) is 4.79 Å². The summed E-state index contributed by atoms with van der Waals surface area (Å²) in [5.74, 6) is 0. The van der Waals surface area contributed by atoms with Gasteiger partial charge < -0.3 is 15.6 Å². The molecule has 1 heterocycles. The summed E-state index contributed by atoms with van der Waals surface area (Å²) in [5, 5.41) is 9.80. The Bertz CT molecular complexity index is 760. The molecular formula is C17H25BrN2O5S. The van der Waals surface area contributed by atoms with Crippen LogP contribution < -0.4 is 5.73 Å². The van der Waals surface area contributed by atoms with Crippen molar-refractivity contribution in [1.29, 1.82) is 0 Å². The number of amides is 1. The lowest BCUT2D eigenvalue weighted by Crippen LogP contribution is -2.59. The molecule has 0 bridgehead atoms. The molecule has 7 nitrogen and oxygen atoms in total. The maximum atomic E-state index is 13.2. The predicted molar refractivity (Wildman–Crippen MR) is 101 cm³/mol. The molecule has 1 aliphatic heterocycles. The normalized spacial score (nSPS) is 25.0. The number of aliphatic hydroxyl groups excluding tert-OH is 1. The number of rotatable bonds is 4. The zero-order chi connectivity index (χ0) is 19.8. The molecule has 1 amide bonds. The molecular weight excluding hydrogens is 424 g/mol. The van der Waals surface area contributed by atoms with E-state index in [0.29, 0.717) is 0 Å². The minimum absolute atomic E-state index is 0.119. The van der Waals surface area contributed by atoms with Crippen molar-refractivity contribution >= 4 is 32.0 Å². The van der Waals surface area contributed by atoms with Gasteiger partial charge in [0.2, 0.25) is 10.0 Å². The van der Waals surface area contributed by atoms with E-state index in [1.807, 2.05) is 20.8 Å². The van der Waals surface area contributed by atoms with E-state index < -0.39 is 39.8 Å². The Morgan fingerprint density at radius 3 is 2.42 bits per heavy atom. The van der Waals surface area contributed by atoms with E-state index in [1.165, 1.54) is 4.31 Å². The van der Waals surface area contributed by atoms with Gasteiger partial charge in [-0.05, 0) is 29.7 Å². The zero-order valence-corrected chi connectivity index (χ0v) is 17.5. The van der Waals surface area contributed by atoms with Crippen LogP contribution in [-0.2, 0) is 14.8 Å². The number of halogens is 1. The fraction of sp³-hybridized carbons (Fsp3) is 0.588. The second kappa shape index (κ2) is 7.46. The van der Waals surface area contributed by atoms with Crippen LogP contribution >= 0.6 is 15.9 Å². The van der Waals surface area contributed by atoms with Gasteiger partial charge >= 0.3 is 6.09 Å². The molecule has 3 N–H and O–H groups in total. The van der Waals surface area contributed by atoms with Gasteiger partial charge in [0.25, 0.3) is 0 Å². The molecule has 0 aromatic heterocycles. The molecule has 26 heavy (non-hydrogen) atoms. The summed E-state index contributed by atoms with van der Waals surface area (Å²) >= 11 is 3.30. The van der Waals surface area contributed by atoms with E-state index in [2.05, 4.69) is 15.9 Å². The number of nitrogens with two attached hydrogens (primary N) is 1. The molecule has 0 saturated carbocycles. The highest BCUT2D eigenvalue weighted by atomic mass is 79.9. The van der Waals surface area contributed by atoms with Crippen LogP contribution in [0.5, 0.6) is 0 Å². The minimum Gasteiger partial charge on any atom is -0.441 e. The molecule has 146 valence electrons. The Hall–Kier alpha value is -1.16. The molecule has 0 aliphatic carbocycles. The molecule has 2 atom stereocenters. The summed E-state index contributed by atoms with van der Waals surface area (Å²) in [5.41, 5.74) is 3.54. The number of carbonyl (C=O) groups is 1. The average Bonchev–Trinajstić information content (AvgIpc) is 2.53. The zero-order valence-electron chi connectivity index (χ0n) is 15.1. The van der Waals surface area contributed by atoms with Gasteiger partial charge in [-0.25, -0.2) is 13.2 Å². The first-order valence-corrected chi connectivity index (χ1v) is 10.5. The molecule has 2 unspecified atom stereocenters. The van der Waals surface area contributed by atoms with E-state index >= 15 is 0 Å². The van der Waals surface area contributed by atoms with Crippen LogP contribution in [0.25, 0.3) is 0 Å². The van der Waals surface area contributed by atoms with Gasteiger partial charge in [-0.3, -0.25) is 0 Å². The molecule has 0 spiro atoms. The number of hydrogen-bond acceptors (Lipinski definition) is 5. The second-order valence-electron chi connectivity index (χ2n) is 7.67. The van der Waals surface area contributed by atoms with Crippen molar-refractivity contribution in [2.75, 3.05) is 13.2 Å². The van der Waals surface area contributed by atoms with Gasteiger partial charge in [0, 0.05) is 29.9 Å². The first-order valence-electron chi connectivity index (χ1n) is 8.28. The number of ether oxygens (including phenoxy) is 1. The second-order valence-corrected chi connectivity index (χ2v) is 10.5. The fourth-order valence-electron chi connectivity index (χ4n) is 3.28. The quantitative estimate of drug-likeness (QED) is 0.734. The fourth-order valence-corrected chi connectivity index (χ4v) is 5.35. The lowest BCUT2D eigenvalue weighted by atomic mass is 9.76. The first-order chi connectivity index (χ1) is 11.9. The third-order valence-corrected chi connectivity index (χ3v) is 7.18. The Balaban J connectivity index is 2.42. The number of aliphatic hydroxyl groups is 1. The Kier molecular flexibility index (Phi) is 6.06. The largest absolute Gasteiger partial charge is 0.441 e. The monoisotopic (exact) mass is 448 g/mol. The van der Waals surface area contributed by atoms with Gasteiger partial charge in [0.1, 0.15) is 5.60 Å². The highest BCUT2D eigenvalue weighted by Gasteiger charge is 2.49. The summed E-state index contributed by atoms with van der Waals surface area (Å²) in [4.78, 5) is 11.5. The maximum Gasteiger partial charge on any atom is 0.405 e. The predicted octanol–water partition coefficient (Wildman–Crippen LogP) is 2.47. The van der Waals surface area contributed by atoms with Crippen LogP contribution in [-0.4, -0.2) is 48.7 Å². The summed E-state index contributed by atoms with van der Waals surface area (Å²) < 4.78 is 33.8. The van der Waals surface area contributed by atoms with Gasteiger partial charge in [-0.2, -0.15) is 4.31 Å². The number of piperidine rings is 1. The Morgan fingerprint density at radius 2 is 1.96 bits per heavy atom. The Morgan fingerprint density at radius 1 is 1.38 bits per heavy atom. The minimum atomic E-state index is -3.74. The topological polar surface area (TPSA) is 110 Å². The first kappa shape index (κ1) is 21.1. The van der Waals surface area contributed by atoms with E-state index in [4.69, 9.17) is 10.5 Å². The molecule has 9 heteroatoms. The average molecular weight is 449 g/mol. The summed E-state index contributed by atoms with van der Waals surface area (Å²) in [6.07, 6.45) is -0.628. The summed E-state index contributed by atoms with van der Waals surface area (Å²) in [6.45, 7) is 5.46. The van der Waals surface area contributed by atoms with E-state index in [0.717, 1.165) is 4.47 Å². The van der Waals surface area contributed by atoms with Crippen molar-refractivity contribution in [3.63, 3.8) is 0 Å². The van der Waals surface area contributed by atoms with Crippen LogP contribution in [0.3, 0.4) is 0 Å². The summed E-state index contributed by atoms with van der Waals surface area (Å²) in [7, 11) is -3.74. The van der Waals surface area contributed by atoms with Crippen molar-refractivity contribution in [3.05, 3.63) is 28.7 Å². The third-order valence-electron chi connectivity index (χ3n) is 4.73. The van der Waals surface area contributed by atoms with Crippen molar-refractivity contribution in [2.45, 2.75) is 50.2 Å². The molecule has 0 radical (unpaired) electrons. The summed E-state index contributed by atoms with van der Waals surface area (Å²) in [6, 6.07) is 5.98.